The molecule has 19 heavy (non-hydrogen) atoms. The molecule has 0 unspecified atom stereocenters. The second-order valence-corrected chi connectivity index (χ2v) is 5.11. The Hall–Kier alpha value is -1.39. The summed E-state index contributed by atoms with van der Waals surface area (Å²) in [7, 11) is 0. The summed E-state index contributed by atoms with van der Waals surface area (Å²) in [6, 6.07) is 4.72. The highest BCUT2D eigenvalue weighted by Crippen LogP contribution is 2.29. The maximum atomic E-state index is 13.8. The Morgan fingerprint density at radius 3 is 2.84 bits per heavy atom. The largest absolute Gasteiger partial charge is 0.322 e. The van der Waals surface area contributed by atoms with Crippen molar-refractivity contribution in [3.8, 4) is 0 Å². The summed E-state index contributed by atoms with van der Waals surface area (Å²) in [5.41, 5.74) is 2.17. The summed E-state index contributed by atoms with van der Waals surface area (Å²) < 4.78 is 13.8. The third-order valence-electron chi connectivity index (χ3n) is 3.08. The van der Waals surface area contributed by atoms with Gasteiger partial charge in [0, 0.05) is 5.56 Å². The second-order valence-electron chi connectivity index (χ2n) is 4.34. The lowest BCUT2D eigenvalue weighted by molar-refractivity contribution is 0.632. The molecular weight excluding hydrogens is 288 g/mol. The molecule has 0 aliphatic heterocycles. The van der Waals surface area contributed by atoms with Crippen LogP contribution in [-0.4, -0.2) is 9.97 Å². The summed E-state index contributed by atoms with van der Waals surface area (Å²) >= 11 is 11.8. The normalized spacial score (nSPS) is 13.4. The van der Waals surface area contributed by atoms with Crippen LogP contribution in [0, 0.1) is 5.82 Å². The summed E-state index contributed by atoms with van der Waals surface area (Å²) in [4.78, 5) is 8.51. The molecule has 3 rings (SSSR count). The maximum Gasteiger partial charge on any atom is 0.228 e. The van der Waals surface area contributed by atoms with Crippen LogP contribution in [0.15, 0.2) is 18.2 Å². The number of fused-ring (bicyclic) bond motifs is 1. The van der Waals surface area contributed by atoms with Crippen molar-refractivity contribution in [2.45, 2.75) is 19.3 Å². The van der Waals surface area contributed by atoms with Gasteiger partial charge in [-0.15, -0.1) is 0 Å². The predicted octanol–water partition coefficient (Wildman–Crippen LogP) is 4.15. The Morgan fingerprint density at radius 2 is 2.00 bits per heavy atom. The van der Waals surface area contributed by atoms with E-state index in [0.717, 1.165) is 30.5 Å². The average molecular weight is 298 g/mol. The minimum atomic E-state index is -0.524. The van der Waals surface area contributed by atoms with E-state index in [2.05, 4.69) is 15.3 Å². The Balaban J connectivity index is 1.96. The van der Waals surface area contributed by atoms with Crippen molar-refractivity contribution < 1.29 is 4.39 Å². The lowest BCUT2D eigenvalue weighted by Gasteiger charge is -2.09. The zero-order valence-electron chi connectivity index (χ0n) is 9.88. The van der Waals surface area contributed by atoms with E-state index in [4.69, 9.17) is 23.2 Å². The SMILES string of the molecule is Fc1c(Cl)cccc1Nc1nc(Cl)c2c(n1)CCC2. The molecule has 0 spiro atoms. The van der Waals surface area contributed by atoms with Crippen molar-refractivity contribution >= 4 is 34.8 Å². The minimum absolute atomic E-state index is 0.0530. The molecule has 0 fully saturated rings. The van der Waals surface area contributed by atoms with Crippen LogP contribution in [0.5, 0.6) is 0 Å². The zero-order valence-corrected chi connectivity index (χ0v) is 11.4. The Labute approximate surface area is 119 Å². The van der Waals surface area contributed by atoms with Gasteiger partial charge in [-0.25, -0.2) is 14.4 Å². The molecule has 0 atom stereocenters. The smallest absolute Gasteiger partial charge is 0.228 e. The second kappa shape index (κ2) is 4.94. The molecule has 2 aromatic rings. The van der Waals surface area contributed by atoms with E-state index in [1.165, 1.54) is 6.07 Å². The first-order chi connectivity index (χ1) is 9.15. The van der Waals surface area contributed by atoms with Crippen molar-refractivity contribution in [1.29, 1.82) is 0 Å². The number of benzene rings is 1. The van der Waals surface area contributed by atoms with Crippen LogP contribution in [0.3, 0.4) is 0 Å². The van der Waals surface area contributed by atoms with Gasteiger partial charge in [0.2, 0.25) is 5.95 Å². The predicted molar refractivity (Wildman–Crippen MR) is 73.8 cm³/mol. The summed E-state index contributed by atoms with van der Waals surface area (Å²) in [6.45, 7) is 0. The monoisotopic (exact) mass is 297 g/mol. The fraction of sp³-hybridized carbons (Fsp3) is 0.231. The van der Waals surface area contributed by atoms with E-state index in [-0.39, 0.29) is 10.7 Å². The fourth-order valence-electron chi connectivity index (χ4n) is 2.16. The number of nitrogens with one attached hydrogen (secondary N) is 1. The van der Waals surface area contributed by atoms with Gasteiger partial charge in [0.15, 0.2) is 5.82 Å². The van der Waals surface area contributed by atoms with Gasteiger partial charge in [-0.05, 0) is 31.4 Å². The Bertz CT molecular complexity index is 646. The van der Waals surface area contributed by atoms with Crippen molar-refractivity contribution in [2.24, 2.45) is 0 Å². The van der Waals surface area contributed by atoms with Gasteiger partial charge in [0.05, 0.1) is 16.4 Å². The summed E-state index contributed by atoms with van der Waals surface area (Å²) in [5, 5.41) is 3.31. The van der Waals surface area contributed by atoms with Crippen LogP contribution in [-0.2, 0) is 12.8 Å². The van der Waals surface area contributed by atoms with E-state index in [1.54, 1.807) is 12.1 Å². The quantitative estimate of drug-likeness (QED) is 0.846. The number of hydrogen-bond acceptors (Lipinski definition) is 3. The summed E-state index contributed by atoms with van der Waals surface area (Å²) in [5.74, 6) is -0.226. The minimum Gasteiger partial charge on any atom is -0.322 e. The molecule has 0 amide bonds. The molecule has 1 aromatic carbocycles. The summed E-state index contributed by atoms with van der Waals surface area (Å²) in [6.07, 6.45) is 2.81. The molecule has 1 aromatic heterocycles. The van der Waals surface area contributed by atoms with Gasteiger partial charge < -0.3 is 5.32 Å². The average Bonchev–Trinajstić information content (AvgIpc) is 2.84. The van der Waals surface area contributed by atoms with Crippen LogP contribution < -0.4 is 5.32 Å². The number of aromatic nitrogens is 2. The molecule has 1 aliphatic carbocycles. The third-order valence-corrected chi connectivity index (χ3v) is 3.69. The molecule has 0 bridgehead atoms. The van der Waals surface area contributed by atoms with E-state index in [0.29, 0.717) is 11.1 Å². The molecule has 0 radical (unpaired) electrons. The zero-order chi connectivity index (χ0) is 13.4. The maximum absolute atomic E-state index is 13.8. The molecule has 0 saturated carbocycles. The van der Waals surface area contributed by atoms with E-state index < -0.39 is 5.82 Å². The van der Waals surface area contributed by atoms with Gasteiger partial charge in [-0.1, -0.05) is 29.3 Å². The van der Waals surface area contributed by atoms with Crippen molar-refractivity contribution in [3.05, 3.63) is 45.4 Å². The molecule has 6 heteroatoms. The van der Waals surface area contributed by atoms with Crippen LogP contribution in [0.2, 0.25) is 10.2 Å². The lowest BCUT2D eigenvalue weighted by Crippen LogP contribution is -2.03. The highest BCUT2D eigenvalue weighted by atomic mass is 35.5. The number of rotatable bonds is 2. The van der Waals surface area contributed by atoms with Crippen LogP contribution in [0.4, 0.5) is 16.0 Å². The first-order valence-electron chi connectivity index (χ1n) is 5.91. The molecular formula is C13H10Cl2FN3. The van der Waals surface area contributed by atoms with Gasteiger partial charge in [0.25, 0.3) is 0 Å². The number of aryl methyl sites for hydroxylation is 1. The molecule has 3 nitrogen and oxygen atoms in total. The fourth-order valence-corrected chi connectivity index (χ4v) is 2.62. The van der Waals surface area contributed by atoms with E-state index >= 15 is 0 Å². The van der Waals surface area contributed by atoms with Gasteiger partial charge in [0.1, 0.15) is 5.15 Å². The number of nitrogens with zero attached hydrogens (tertiary/aromatic N) is 2. The molecule has 98 valence electrons. The Kier molecular flexibility index (Phi) is 3.29. The van der Waals surface area contributed by atoms with E-state index in [9.17, 15) is 4.39 Å². The van der Waals surface area contributed by atoms with Gasteiger partial charge >= 0.3 is 0 Å². The third kappa shape index (κ3) is 2.38. The van der Waals surface area contributed by atoms with E-state index in [1.807, 2.05) is 0 Å². The van der Waals surface area contributed by atoms with Crippen LogP contribution in [0.1, 0.15) is 17.7 Å². The highest BCUT2D eigenvalue weighted by Gasteiger charge is 2.18. The van der Waals surface area contributed by atoms with Crippen molar-refractivity contribution in [3.63, 3.8) is 0 Å². The van der Waals surface area contributed by atoms with Crippen LogP contribution >= 0.6 is 23.2 Å². The van der Waals surface area contributed by atoms with Gasteiger partial charge in [-0.2, -0.15) is 0 Å². The first-order valence-corrected chi connectivity index (χ1v) is 6.67. The van der Waals surface area contributed by atoms with Crippen molar-refractivity contribution in [2.75, 3.05) is 5.32 Å². The molecule has 1 heterocycles. The Morgan fingerprint density at radius 1 is 1.16 bits per heavy atom. The molecule has 1 aliphatic rings. The molecule has 1 N–H and O–H groups in total. The first kappa shape index (κ1) is 12.6. The number of halogens is 3. The standard InChI is InChI=1S/C13H10Cl2FN3/c14-8-4-2-6-10(11(8)16)18-13-17-9-5-1-3-7(9)12(15)19-13/h2,4,6H,1,3,5H2,(H,17,18,19). The molecule has 0 saturated heterocycles. The highest BCUT2D eigenvalue weighted by molar-refractivity contribution is 6.31. The van der Waals surface area contributed by atoms with Crippen molar-refractivity contribution in [1.82, 2.24) is 9.97 Å². The van der Waals surface area contributed by atoms with Crippen LogP contribution in [0.25, 0.3) is 0 Å². The number of hydrogen-bond donors (Lipinski definition) is 1. The number of anilines is 2. The van der Waals surface area contributed by atoms with Gasteiger partial charge in [-0.3, -0.25) is 0 Å². The topological polar surface area (TPSA) is 37.8 Å². The lowest BCUT2D eigenvalue weighted by atomic mass is 10.3.